The molecular weight excluding hydrogens is 289 g/mol. The van der Waals surface area contributed by atoms with Crippen LogP contribution in [0.5, 0.6) is 0 Å². The van der Waals surface area contributed by atoms with E-state index in [1.807, 2.05) is 19.9 Å². The van der Waals surface area contributed by atoms with Crippen LogP contribution in [0.2, 0.25) is 0 Å². The highest BCUT2D eigenvalue weighted by atomic mass is 32.1. The number of carbonyl (C=O) groups excluding carboxylic acids is 1. The van der Waals surface area contributed by atoms with Crippen molar-refractivity contribution in [2.75, 3.05) is 11.9 Å². The number of nitrogens with one attached hydrogen (secondary N) is 1. The quantitative estimate of drug-likeness (QED) is 0.841. The maximum atomic E-state index is 13.8. The molecule has 0 spiro atoms. The SMILES string of the molecule is CCOC(=O)C(Nc1ccccc1F)c1cc(C)sc1C. The highest BCUT2D eigenvalue weighted by Gasteiger charge is 2.25. The summed E-state index contributed by atoms with van der Waals surface area (Å²) in [5.41, 5.74) is 1.12. The number of aryl methyl sites for hydroxylation is 2. The van der Waals surface area contributed by atoms with Crippen molar-refractivity contribution in [2.45, 2.75) is 26.8 Å². The number of esters is 1. The fourth-order valence-corrected chi connectivity index (χ4v) is 3.12. The highest BCUT2D eigenvalue weighted by Crippen LogP contribution is 2.30. The first-order chi connectivity index (χ1) is 10.0. The lowest BCUT2D eigenvalue weighted by Crippen LogP contribution is -2.24. The van der Waals surface area contributed by atoms with Gasteiger partial charge in [-0.25, -0.2) is 9.18 Å². The third-order valence-corrected chi connectivity index (χ3v) is 4.07. The van der Waals surface area contributed by atoms with E-state index >= 15 is 0 Å². The van der Waals surface area contributed by atoms with Crippen molar-refractivity contribution >= 4 is 23.0 Å². The lowest BCUT2D eigenvalue weighted by atomic mass is 10.1. The van der Waals surface area contributed by atoms with Crippen molar-refractivity contribution in [3.8, 4) is 0 Å². The summed E-state index contributed by atoms with van der Waals surface area (Å²) in [5, 5.41) is 2.96. The first-order valence-corrected chi connectivity index (χ1v) is 7.59. The number of anilines is 1. The summed E-state index contributed by atoms with van der Waals surface area (Å²) >= 11 is 1.61. The standard InChI is InChI=1S/C16H18FNO2S/c1-4-20-16(19)15(12-9-10(2)21-11(12)3)18-14-8-6-5-7-13(14)17/h5-9,15,18H,4H2,1-3H3. The second kappa shape index (κ2) is 6.72. The first kappa shape index (κ1) is 15.5. The molecule has 0 aliphatic heterocycles. The van der Waals surface area contributed by atoms with Crippen molar-refractivity contribution in [1.29, 1.82) is 0 Å². The number of hydrogen-bond acceptors (Lipinski definition) is 4. The zero-order chi connectivity index (χ0) is 15.4. The predicted octanol–water partition coefficient (Wildman–Crippen LogP) is 4.22. The van der Waals surface area contributed by atoms with Gasteiger partial charge >= 0.3 is 5.97 Å². The van der Waals surface area contributed by atoms with E-state index in [0.29, 0.717) is 5.69 Å². The van der Waals surface area contributed by atoms with Crippen molar-refractivity contribution in [2.24, 2.45) is 0 Å². The molecule has 0 amide bonds. The Morgan fingerprint density at radius 1 is 1.38 bits per heavy atom. The van der Waals surface area contributed by atoms with Crippen LogP contribution in [0.25, 0.3) is 0 Å². The van der Waals surface area contributed by atoms with Gasteiger partial charge in [0.25, 0.3) is 0 Å². The van der Waals surface area contributed by atoms with Crippen LogP contribution in [-0.2, 0) is 9.53 Å². The summed E-state index contributed by atoms with van der Waals surface area (Å²) in [6, 6.07) is 7.54. The molecule has 1 atom stereocenters. The lowest BCUT2D eigenvalue weighted by molar-refractivity contribution is -0.144. The molecule has 5 heteroatoms. The van der Waals surface area contributed by atoms with E-state index in [1.165, 1.54) is 6.07 Å². The Kier molecular flexibility index (Phi) is 4.96. The number of halogens is 1. The van der Waals surface area contributed by atoms with Gasteiger partial charge in [-0.15, -0.1) is 11.3 Å². The molecule has 1 aromatic carbocycles. The summed E-state index contributed by atoms with van der Waals surface area (Å²) in [6.07, 6.45) is 0. The van der Waals surface area contributed by atoms with Crippen LogP contribution in [0, 0.1) is 19.7 Å². The molecule has 2 aromatic rings. The Labute approximate surface area is 127 Å². The summed E-state index contributed by atoms with van der Waals surface area (Å²) in [6.45, 7) is 5.97. The summed E-state index contributed by atoms with van der Waals surface area (Å²) < 4.78 is 18.9. The Hall–Kier alpha value is -1.88. The summed E-state index contributed by atoms with van der Waals surface area (Å²) in [4.78, 5) is 14.3. The van der Waals surface area contributed by atoms with Crippen LogP contribution in [0.3, 0.4) is 0 Å². The average molecular weight is 307 g/mol. The maximum Gasteiger partial charge on any atom is 0.333 e. The van der Waals surface area contributed by atoms with E-state index in [4.69, 9.17) is 4.74 Å². The number of para-hydroxylation sites is 1. The van der Waals surface area contributed by atoms with E-state index in [9.17, 15) is 9.18 Å². The zero-order valence-electron chi connectivity index (χ0n) is 12.3. The van der Waals surface area contributed by atoms with E-state index in [0.717, 1.165) is 15.3 Å². The van der Waals surface area contributed by atoms with E-state index in [2.05, 4.69) is 5.32 Å². The van der Waals surface area contributed by atoms with Gasteiger partial charge in [-0.05, 0) is 44.5 Å². The van der Waals surface area contributed by atoms with E-state index < -0.39 is 17.8 Å². The van der Waals surface area contributed by atoms with E-state index in [1.54, 1.807) is 36.5 Å². The third kappa shape index (κ3) is 3.61. The monoisotopic (exact) mass is 307 g/mol. The van der Waals surface area contributed by atoms with Crippen LogP contribution in [0.4, 0.5) is 10.1 Å². The van der Waals surface area contributed by atoms with Crippen LogP contribution in [-0.4, -0.2) is 12.6 Å². The van der Waals surface area contributed by atoms with Crippen LogP contribution in [0.1, 0.15) is 28.3 Å². The van der Waals surface area contributed by atoms with Gasteiger partial charge in [0, 0.05) is 9.75 Å². The predicted molar refractivity (Wildman–Crippen MR) is 83.2 cm³/mol. The van der Waals surface area contributed by atoms with Crippen molar-refractivity contribution in [3.05, 3.63) is 51.5 Å². The molecular formula is C16H18FNO2S. The van der Waals surface area contributed by atoms with Crippen LogP contribution >= 0.6 is 11.3 Å². The summed E-state index contributed by atoms with van der Waals surface area (Å²) in [5.74, 6) is -0.793. The Bertz CT molecular complexity index is 639. The minimum absolute atomic E-state index is 0.288. The van der Waals surface area contributed by atoms with E-state index in [-0.39, 0.29) is 6.61 Å². The van der Waals surface area contributed by atoms with Gasteiger partial charge in [-0.1, -0.05) is 12.1 Å². The van der Waals surface area contributed by atoms with Crippen molar-refractivity contribution < 1.29 is 13.9 Å². The second-order valence-corrected chi connectivity index (χ2v) is 6.14. The minimum Gasteiger partial charge on any atom is -0.464 e. The molecule has 0 radical (unpaired) electrons. The third-order valence-electron chi connectivity index (χ3n) is 3.09. The molecule has 0 fully saturated rings. The number of carbonyl (C=O) groups is 1. The number of hydrogen-bond donors (Lipinski definition) is 1. The number of rotatable bonds is 5. The molecule has 0 saturated carbocycles. The Balaban J connectivity index is 2.35. The molecule has 0 aliphatic rings. The molecule has 21 heavy (non-hydrogen) atoms. The highest BCUT2D eigenvalue weighted by molar-refractivity contribution is 7.12. The minimum atomic E-state index is -0.702. The van der Waals surface area contributed by atoms with Gasteiger partial charge in [0.15, 0.2) is 6.04 Å². The molecule has 0 bridgehead atoms. The van der Waals surface area contributed by atoms with Gasteiger partial charge in [0.1, 0.15) is 5.82 Å². The van der Waals surface area contributed by atoms with Gasteiger partial charge in [-0.3, -0.25) is 0 Å². The average Bonchev–Trinajstić information content (AvgIpc) is 2.77. The molecule has 2 rings (SSSR count). The number of thiophene rings is 1. The molecule has 1 aromatic heterocycles. The van der Waals surface area contributed by atoms with Gasteiger partial charge < -0.3 is 10.1 Å². The molecule has 3 nitrogen and oxygen atoms in total. The van der Waals surface area contributed by atoms with Gasteiger partial charge in [-0.2, -0.15) is 0 Å². The van der Waals surface area contributed by atoms with Crippen LogP contribution in [0.15, 0.2) is 30.3 Å². The fourth-order valence-electron chi connectivity index (χ4n) is 2.16. The molecule has 1 unspecified atom stereocenters. The molecule has 1 heterocycles. The Morgan fingerprint density at radius 3 is 2.67 bits per heavy atom. The number of benzene rings is 1. The molecule has 1 N–H and O–H groups in total. The molecule has 0 saturated heterocycles. The van der Waals surface area contributed by atoms with Gasteiger partial charge in [0.05, 0.1) is 12.3 Å². The molecule has 0 aliphatic carbocycles. The number of ether oxygens (including phenoxy) is 1. The lowest BCUT2D eigenvalue weighted by Gasteiger charge is -2.19. The summed E-state index contributed by atoms with van der Waals surface area (Å²) in [7, 11) is 0. The van der Waals surface area contributed by atoms with Crippen LogP contribution < -0.4 is 5.32 Å². The largest absolute Gasteiger partial charge is 0.464 e. The molecule has 112 valence electrons. The zero-order valence-corrected chi connectivity index (χ0v) is 13.1. The van der Waals surface area contributed by atoms with Crippen molar-refractivity contribution in [3.63, 3.8) is 0 Å². The first-order valence-electron chi connectivity index (χ1n) is 6.77. The smallest absolute Gasteiger partial charge is 0.333 e. The normalized spacial score (nSPS) is 12.0. The Morgan fingerprint density at radius 2 is 2.10 bits per heavy atom. The maximum absolute atomic E-state index is 13.8. The van der Waals surface area contributed by atoms with Crippen molar-refractivity contribution in [1.82, 2.24) is 0 Å². The topological polar surface area (TPSA) is 38.3 Å². The van der Waals surface area contributed by atoms with Gasteiger partial charge in [0.2, 0.25) is 0 Å². The second-order valence-electron chi connectivity index (χ2n) is 4.68. The fraction of sp³-hybridized carbons (Fsp3) is 0.312.